The minimum Gasteiger partial charge on any atom is -0.383 e. The van der Waals surface area contributed by atoms with Crippen LogP contribution in [0.15, 0.2) is 12.3 Å². The van der Waals surface area contributed by atoms with Crippen LogP contribution in [-0.2, 0) is 0 Å². The van der Waals surface area contributed by atoms with E-state index in [9.17, 15) is 9.18 Å². The highest BCUT2D eigenvalue weighted by Gasteiger charge is 2.10. The van der Waals surface area contributed by atoms with Gasteiger partial charge in [0.15, 0.2) is 0 Å². The van der Waals surface area contributed by atoms with E-state index in [0.29, 0.717) is 6.54 Å². The van der Waals surface area contributed by atoms with Crippen LogP contribution in [0.5, 0.6) is 0 Å². The number of nitrogens with zero attached hydrogens (tertiary/aromatic N) is 1. The number of nitrogen functional groups attached to an aromatic ring is 1. The monoisotopic (exact) mass is 197 g/mol. The number of rotatable bonds is 3. The van der Waals surface area contributed by atoms with E-state index in [1.165, 1.54) is 0 Å². The van der Waals surface area contributed by atoms with Gasteiger partial charge in [0.1, 0.15) is 11.6 Å². The Bertz CT molecular complexity index is 341. The zero-order valence-corrected chi connectivity index (χ0v) is 7.88. The van der Waals surface area contributed by atoms with Crippen molar-refractivity contribution in [1.29, 1.82) is 0 Å². The molecule has 0 saturated heterocycles. The number of hydrogen-bond acceptors (Lipinski definition) is 3. The summed E-state index contributed by atoms with van der Waals surface area (Å²) < 4.78 is 12.7. The third-order valence-electron chi connectivity index (χ3n) is 1.67. The van der Waals surface area contributed by atoms with Gasteiger partial charge in [-0.2, -0.15) is 0 Å². The quantitative estimate of drug-likeness (QED) is 0.757. The van der Waals surface area contributed by atoms with Crippen molar-refractivity contribution in [3.05, 3.63) is 23.6 Å². The molecule has 0 saturated carbocycles. The van der Waals surface area contributed by atoms with Gasteiger partial charge in [-0.1, -0.05) is 6.92 Å². The second-order valence-corrected chi connectivity index (χ2v) is 2.84. The summed E-state index contributed by atoms with van der Waals surface area (Å²) in [7, 11) is 0. The van der Waals surface area contributed by atoms with Crippen molar-refractivity contribution in [2.75, 3.05) is 12.3 Å². The smallest absolute Gasteiger partial charge is 0.255 e. The van der Waals surface area contributed by atoms with Gasteiger partial charge in [0.2, 0.25) is 0 Å². The fourth-order valence-corrected chi connectivity index (χ4v) is 0.965. The number of carbonyl (C=O) groups excluding carboxylic acids is 1. The summed E-state index contributed by atoms with van der Waals surface area (Å²) in [6.07, 6.45) is 1.79. The first-order valence-electron chi connectivity index (χ1n) is 4.34. The summed E-state index contributed by atoms with van der Waals surface area (Å²) in [6, 6.07) is 1.08. The van der Waals surface area contributed by atoms with Crippen LogP contribution in [0.3, 0.4) is 0 Å². The molecule has 0 aliphatic rings. The molecule has 0 aliphatic heterocycles. The minimum atomic E-state index is -0.569. The van der Waals surface area contributed by atoms with Crippen LogP contribution in [0.4, 0.5) is 10.2 Å². The Morgan fingerprint density at radius 3 is 3.07 bits per heavy atom. The lowest BCUT2D eigenvalue weighted by atomic mass is 10.2. The predicted octanol–water partition coefficient (Wildman–Crippen LogP) is 0.943. The number of amides is 1. The van der Waals surface area contributed by atoms with E-state index >= 15 is 0 Å². The Hall–Kier alpha value is -1.65. The standard InChI is InChI=1S/C9H12FN3O/c1-2-3-12-9(14)7-4-6(10)5-13-8(7)11/h4-5H,2-3H2,1H3,(H2,11,13)(H,12,14). The van der Waals surface area contributed by atoms with Crippen molar-refractivity contribution in [1.82, 2.24) is 10.3 Å². The van der Waals surface area contributed by atoms with Gasteiger partial charge in [0.25, 0.3) is 5.91 Å². The summed E-state index contributed by atoms with van der Waals surface area (Å²) in [5, 5.41) is 2.59. The zero-order valence-electron chi connectivity index (χ0n) is 7.88. The third-order valence-corrected chi connectivity index (χ3v) is 1.67. The fourth-order valence-electron chi connectivity index (χ4n) is 0.965. The van der Waals surface area contributed by atoms with E-state index in [4.69, 9.17) is 5.73 Å². The van der Waals surface area contributed by atoms with Gasteiger partial charge >= 0.3 is 0 Å². The van der Waals surface area contributed by atoms with Crippen LogP contribution < -0.4 is 11.1 Å². The number of aromatic nitrogens is 1. The Balaban J connectivity index is 2.83. The van der Waals surface area contributed by atoms with Crippen LogP contribution in [-0.4, -0.2) is 17.4 Å². The average molecular weight is 197 g/mol. The SMILES string of the molecule is CCCNC(=O)c1cc(F)cnc1N. The molecule has 14 heavy (non-hydrogen) atoms. The number of carbonyl (C=O) groups is 1. The topological polar surface area (TPSA) is 68.0 Å². The maximum atomic E-state index is 12.7. The van der Waals surface area contributed by atoms with Crippen molar-refractivity contribution in [3.8, 4) is 0 Å². The minimum absolute atomic E-state index is 0.0417. The van der Waals surface area contributed by atoms with Gasteiger partial charge in [-0.15, -0.1) is 0 Å². The zero-order chi connectivity index (χ0) is 10.6. The summed E-state index contributed by atoms with van der Waals surface area (Å²) >= 11 is 0. The van der Waals surface area contributed by atoms with Crippen molar-refractivity contribution in [2.45, 2.75) is 13.3 Å². The summed E-state index contributed by atoms with van der Waals surface area (Å²) in [5.74, 6) is -0.919. The molecule has 1 aromatic rings. The van der Waals surface area contributed by atoms with E-state index in [1.54, 1.807) is 0 Å². The lowest BCUT2D eigenvalue weighted by Crippen LogP contribution is -2.25. The van der Waals surface area contributed by atoms with Gasteiger partial charge in [-0.25, -0.2) is 9.37 Å². The van der Waals surface area contributed by atoms with E-state index in [1.807, 2.05) is 6.92 Å². The average Bonchev–Trinajstić information content (AvgIpc) is 2.18. The predicted molar refractivity (Wildman–Crippen MR) is 51.2 cm³/mol. The number of anilines is 1. The molecule has 3 N–H and O–H groups in total. The number of halogens is 1. The van der Waals surface area contributed by atoms with E-state index in [-0.39, 0.29) is 11.4 Å². The van der Waals surface area contributed by atoms with E-state index < -0.39 is 11.7 Å². The second kappa shape index (κ2) is 4.55. The van der Waals surface area contributed by atoms with Gasteiger partial charge in [-0.05, 0) is 12.5 Å². The van der Waals surface area contributed by atoms with Gasteiger partial charge in [-0.3, -0.25) is 4.79 Å². The summed E-state index contributed by atoms with van der Waals surface area (Å²) in [6.45, 7) is 2.46. The highest BCUT2D eigenvalue weighted by molar-refractivity contribution is 5.98. The summed E-state index contributed by atoms with van der Waals surface area (Å²) in [4.78, 5) is 14.9. The highest BCUT2D eigenvalue weighted by Crippen LogP contribution is 2.09. The number of nitrogens with one attached hydrogen (secondary N) is 1. The maximum absolute atomic E-state index is 12.7. The second-order valence-electron chi connectivity index (χ2n) is 2.84. The first-order valence-corrected chi connectivity index (χ1v) is 4.34. The molecule has 0 aliphatic carbocycles. The fraction of sp³-hybridized carbons (Fsp3) is 0.333. The molecule has 1 aromatic heterocycles. The highest BCUT2D eigenvalue weighted by atomic mass is 19.1. The maximum Gasteiger partial charge on any atom is 0.255 e. The van der Waals surface area contributed by atoms with Crippen LogP contribution in [0.2, 0.25) is 0 Å². The van der Waals surface area contributed by atoms with Crippen molar-refractivity contribution >= 4 is 11.7 Å². The molecule has 0 bridgehead atoms. The molecule has 0 atom stereocenters. The van der Waals surface area contributed by atoms with Crippen molar-refractivity contribution < 1.29 is 9.18 Å². The molecule has 1 rings (SSSR count). The normalized spacial score (nSPS) is 9.86. The lowest BCUT2D eigenvalue weighted by molar-refractivity contribution is 0.0954. The van der Waals surface area contributed by atoms with E-state index in [2.05, 4.69) is 10.3 Å². The first kappa shape index (κ1) is 10.4. The molecular formula is C9H12FN3O. The molecule has 0 aromatic carbocycles. The Morgan fingerprint density at radius 2 is 2.43 bits per heavy atom. The Labute approximate surface area is 81.3 Å². The molecule has 76 valence electrons. The van der Waals surface area contributed by atoms with Gasteiger partial charge in [0.05, 0.1) is 11.8 Å². The largest absolute Gasteiger partial charge is 0.383 e. The molecule has 5 heteroatoms. The van der Waals surface area contributed by atoms with E-state index in [0.717, 1.165) is 18.7 Å². The lowest BCUT2D eigenvalue weighted by Gasteiger charge is -2.05. The number of pyridine rings is 1. The molecule has 0 unspecified atom stereocenters. The molecule has 1 heterocycles. The number of hydrogen-bond donors (Lipinski definition) is 2. The van der Waals surface area contributed by atoms with Gasteiger partial charge in [0, 0.05) is 6.54 Å². The van der Waals surface area contributed by atoms with Crippen LogP contribution in [0.1, 0.15) is 23.7 Å². The van der Waals surface area contributed by atoms with Crippen molar-refractivity contribution in [3.63, 3.8) is 0 Å². The molecule has 0 spiro atoms. The molecule has 1 amide bonds. The number of nitrogens with two attached hydrogens (primary N) is 1. The molecule has 0 fully saturated rings. The Morgan fingerprint density at radius 1 is 1.71 bits per heavy atom. The van der Waals surface area contributed by atoms with Gasteiger partial charge < -0.3 is 11.1 Å². The first-order chi connectivity index (χ1) is 6.65. The molecule has 4 nitrogen and oxygen atoms in total. The summed E-state index contributed by atoms with van der Waals surface area (Å²) in [5.41, 5.74) is 5.51. The van der Waals surface area contributed by atoms with Crippen LogP contribution in [0, 0.1) is 5.82 Å². The third kappa shape index (κ3) is 2.42. The molecular weight excluding hydrogens is 185 g/mol. The Kier molecular flexibility index (Phi) is 3.39. The van der Waals surface area contributed by atoms with Crippen LogP contribution in [0.25, 0.3) is 0 Å². The van der Waals surface area contributed by atoms with Crippen molar-refractivity contribution in [2.24, 2.45) is 0 Å². The van der Waals surface area contributed by atoms with Crippen LogP contribution >= 0.6 is 0 Å². The molecule has 0 radical (unpaired) electrons.